The van der Waals surface area contributed by atoms with Gasteiger partial charge in [-0.2, -0.15) is 0 Å². The van der Waals surface area contributed by atoms with E-state index >= 15 is 0 Å². The number of oxazole rings is 1. The van der Waals surface area contributed by atoms with E-state index in [1.807, 2.05) is 61.5 Å². The molecule has 1 aromatic heterocycles. The minimum Gasteiger partial charge on any atom is -0.493 e. The number of nitrogens with zero attached hydrogens (tertiary/aromatic N) is 1. The maximum Gasteiger partial charge on any atom is 0.305 e. The van der Waals surface area contributed by atoms with Gasteiger partial charge in [0, 0.05) is 18.4 Å². The van der Waals surface area contributed by atoms with Gasteiger partial charge in [0.2, 0.25) is 5.89 Å². The van der Waals surface area contributed by atoms with Crippen molar-refractivity contribution in [1.82, 2.24) is 4.98 Å². The summed E-state index contributed by atoms with van der Waals surface area (Å²) in [5, 5.41) is 0. The number of hydrogen-bond acceptors (Lipinski definition) is 5. The van der Waals surface area contributed by atoms with Crippen LogP contribution in [0.1, 0.15) is 23.4 Å². The highest BCUT2D eigenvalue weighted by atomic mass is 16.5. The molecule has 0 N–H and O–H groups in total. The Balaban J connectivity index is 1.51. The number of hydrogen-bond donors (Lipinski definition) is 0. The van der Waals surface area contributed by atoms with Crippen LogP contribution in [0.15, 0.2) is 59.0 Å². The topological polar surface area (TPSA) is 61.6 Å². The van der Waals surface area contributed by atoms with Gasteiger partial charge in [-0.3, -0.25) is 4.79 Å². The first-order valence-electron chi connectivity index (χ1n) is 8.96. The van der Waals surface area contributed by atoms with Crippen molar-refractivity contribution in [3.05, 3.63) is 71.6 Å². The SMILES string of the molecule is COC(=O)CCc1ccc(OCCc2nc(-c3ccccc3)oc2C)cc1. The van der Waals surface area contributed by atoms with Crippen LogP contribution >= 0.6 is 0 Å². The van der Waals surface area contributed by atoms with Gasteiger partial charge >= 0.3 is 5.97 Å². The number of benzene rings is 2. The first kappa shape index (κ1) is 18.7. The maximum absolute atomic E-state index is 11.2. The van der Waals surface area contributed by atoms with Gasteiger partial charge < -0.3 is 13.9 Å². The molecule has 0 amide bonds. The van der Waals surface area contributed by atoms with Crippen LogP contribution in [-0.2, 0) is 22.4 Å². The Morgan fingerprint density at radius 2 is 1.78 bits per heavy atom. The molecule has 0 aliphatic heterocycles. The van der Waals surface area contributed by atoms with Crippen LogP contribution in [0.2, 0.25) is 0 Å². The molecule has 5 heteroatoms. The maximum atomic E-state index is 11.2. The van der Waals surface area contributed by atoms with E-state index < -0.39 is 0 Å². The first-order valence-corrected chi connectivity index (χ1v) is 8.96. The first-order chi connectivity index (χ1) is 13.2. The molecule has 0 fully saturated rings. The summed E-state index contributed by atoms with van der Waals surface area (Å²) in [5.74, 6) is 2.04. The molecule has 0 bridgehead atoms. The van der Waals surface area contributed by atoms with Crippen molar-refractivity contribution in [2.24, 2.45) is 0 Å². The van der Waals surface area contributed by atoms with Gasteiger partial charge in [0.25, 0.3) is 0 Å². The smallest absolute Gasteiger partial charge is 0.305 e. The monoisotopic (exact) mass is 365 g/mol. The lowest BCUT2D eigenvalue weighted by Gasteiger charge is -2.06. The van der Waals surface area contributed by atoms with E-state index in [-0.39, 0.29) is 5.97 Å². The molecule has 0 radical (unpaired) electrons. The van der Waals surface area contributed by atoms with Gasteiger partial charge in [-0.1, -0.05) is 30.3 Å². The molecule has 140 valence electrons. The Kier molecular flexibility index (Phi) is 6.26. The van der Waals surface area contributed by atoms with Gasteiger partial charge in [-0.15, -0.1) is 0 Å². The second kappa shape index (κ2) is 9.03. The zero-order valence-corrected chi connectivity index (χ0v) is 15.6. The molecule has 0 saturated carbocycles. The van der Waals surface area contributed by atoms with Crippen LogP contribution in [0, 0.1) is 6.92 Å². The Bertz CT molecular complexity index is 869. The Morgan fingerprint density at radius 3 is 2.48 bits per heavy atom. The summed E-state index contributed by atoms with van der Waals surface area (Å²) in [6.45, 7) is 2.44. The standard InChI is InChI=1S/C22H23NO4/c1-16-20(23-22(27-16)18-6-4-3-5-7-18)14-15-26-19-11-8-17(9-12-19)10-13-21(24)25-2/h3-9,11-12H,10,13-15H2,1-2H3. The Hall–Kier alpha value is -3.08. The van der Waals surface area contributed by atoms with E-state index in [4.69, 9.17) is 9.15 Å². The summed E-state index contributed by atoms with van der Waals surface area (Å²) in [6, 6.07) is 17.6. The lowest BCUT2D eigenvalue weighted by molar-refractivity contribution is -0.140. The van der Waals surface area contributed by atoms with Crippen LogP contribution in [0.5, 0.6) is 5.75 Å². The van der Waals surface area contributed by atoms with Crippen molar-refractivity contribution in [2.75, 3.05) is 13.7 Å². The van der Waals surface area contributed by atoms with Gasteiger partial charge in [0.15, 0.2) is 0 Å². The fraction of sp³-hybridized carbons (Fsp3) is 0.273. The quantitative estimate of drug-likeness (QED) is 0.555. The lowest BCUT2D eigenvalue weighted by atomic mass is 10.1. The van der Waals surface area contributed by atoms with Crippen molar-refractivity contribution in [1.29, 1.82) is 0 Å². The third kappa shape index (κ3) is 5.20. The minimum absolute atomic E-state index is 0.201. The number of esters is 1. The molecule has 27 heavy (non-hydrogen) atoms. The summed E-state index contributed by atoms with van der Waals surface area (Å²) in [4.78, 5) is 15.8. The highest BCUT2D eigenvalue weighted by Crippen LogP contribution is 2.22. The average Bonchev–Trinajstić information content (AvgIpc) is 3.08. The number of aryl methyl sites for hydroxylation is 2. The van der Waals surface area contributed by atoms with E-state index in [9.17, 15) is 4.79 Å². The van der Waals surface area contributed by atoms with Gasteiger partial charge in [-0.05, 0) is 43.2 Å². The predicted molar refractivity (Wildman–Crippen MR) is 103 cm³/mol. The largest absolute Gasteiger partial charge is 0.493 e. The molecule has 0 unspecified atom stereocenters. The minimum atomic E-state index is -0.201. The number of ether oxygens (including phenoxy) is 2. The normalized spacial score (nSPS) is 10.6. The van der Waals surface area contributed by atoms with Crippen LogP contribution in [0.25, 0.3) is 11.5 Å². The second-order valence-corrected chi connectivity index (χ2v) is 6.21. The van der Waals surface area contributed by atoms with Crippen LogP contribution in [0.4, 0.5) is 0 Å². The lowest BCUT2D eigenvalue weighted by Crippen LogP contribution is -2.03. The van der Waals surface area contributed by atoms with Gasteiger partial charge in [0.05, 0.1) is 19.4 Å². The third-order valence-electron chi connectivity index (χ3n) is 4.29. The van der Waals surface area contributed by atoms with Crippen molar-refractivity contribution in [2.45, 2.75) is 26.2 Å². The van der Waals surface area contributed by atoms with E-state index in [0.717, 1.165) is 28.3 Å². The van der Waals surface area contributed by atoms with E-state index in [2.05, 4.69) is 9.72 Å². The van der Waals surface area contributed by atoms with Crippen molar-refractivity contribution >= 4 is 5.97 Å². The molecule has 5 nitrogen and oxygen atoms in total. The number of methoxy groups -OCH3 is 1. The summed E-state index contributed by atoms with van der Waals surface area (Å²) >= 11 is 0. The van der Waals surface area contributed by atoms with Crippen LogP contribution in [0.3, 0.4) is 0 Å². The summed E-state index contributed by atoms with van der Waals surface area (Å²) < 4.78 is 16.2. The molecule has 0 aliphatic rings. The van der Waals surface area contributed by atoms with Gasteiger partial charge in [0.1, 0.15) is 11.5 Å². The zero-order valence-electron chi connectivity index (χ0n) is 15.6. The molecule has 0 saturated heterocycles. The van der Waals surface area contributed by atoms with Crippen molar-refractivity contribution in [3.8, 4) is 17.2 Å². The molecule has 1 heterocycles. The average molecular weight is 365 g/mol. The number of carbonyl (C=O) groups is 1. The van der Waals surface area contributed by atoms with Crippen molar-refractivity contribution in [3.63, 3.8) is 0 Å². The molecule has 3 rings (SSSR count). The zero-order chi connectivity index (χ0) is 19.1. The van der Waals surface area contributed by atoms with Gasteiger partial charge in [-0.25, -0.2) is 4.98 Å². The van der Waals surface area contributed by atoms with E-state index in [1.165, 1.54) is 7.11 Å². The molecule has 0 aliphatic carbocycles. The molecule has 3 aromatic rings. The number of rotatable bonds is 8. The van der Waals surface area contributed by atoms with E-state index in [1.54, 1.807) is 0 Å². The fourth-order valence-corrected chi connectivity index (χ4v) is 2.73. The fourth-order valence-electron chi connectivity index (χ4n) is 2.73. The van der Waals surface area contributed by atoms with E-state index in [0.29, 0.717) is 31.8 Å². The Morgan fingerprint density at radius 1 is 1.04 bits per heavy atom. The molecular formula is C22H23NO4. The predicted octanol–water partition coefficient (Wildman–Crippen LogP) is 4.38. The summed E-state index contributed by atoms with van der Waals surface area (Å²) in [7, 11) is 1.40. The van der Waals surface area contributed by atoms with Crippen LogP contribution in [-0.4, -0.2) is 24.7 Å². The number of aromatic nitrogens is 1. The number of carbonyl (C=O) groups excluding carboxylic acids is 1. The molecule has 0 spiro atoms. The molecular weight excluding hydrogens is 342 g/mol. The molecule has 0 atom stereocenters. The summed E-state index contributed by atoms with van der Waals surface area (Å²) in [6.07, 6.45) is 1.71. The van der Waals surface area contributed by atoms with Crippen LogP contribution < -0.4 is 4.74 Å². The highest BCUT2D eigenvalue weighted by molar-refractivity contribution is 5.69. The third-order valence-corrected chi connectivity index (χ3v) is 4.29. The Labute approximate surface area is 159 Å². The highest BCUT2D eigenvalue weighted by Gasteiger charge is 2.11. The summed E-state index contributed by atoms with van der Waals surface area (Å²) in [5.41, 5.74) is 2.95. The van der Waals surface area contributed by atoms with Crippen molar-refractivity contribution < 1.29 is 18.7 Å². The molecule has 2 aromatic carbocycles. The second-order valence-electron chi connectivity index (χ2n) is 6.21.